The van der Waals surface area contributed by atoms with Gasteiger partial charge in [0.2, 0.25) is 0 Å². The van der Waals surface area contributed by atoms with Crippen LogP contribution >= 0.6 is 0 Å². The zero-order chi connectivity index (χ0) is 45.8. The van der Waals surface area contributed by atoms with Crippen LogP contribution in [0.25, 0.3) is 0 Å². The molecule has 1 unspecified atom stereocenters. The SMILES string of the molecule is CC/C=C/C=C/C=C/C=C/CCCCCCCC(=O)OC(COC(=O)CCC/C=C/C/C=C/C/C=C/C/C=C/CCCCC)COC(=O)CCCCCCC/C=C/C=C/C=C/CC. The molecule has 0 saturated heterocycles. The number of carbonyl (C=O) groups excluding carboxylic acids is 3. The van der Waals surface area contributed by atoms with Crippen molar-refractivity contribution in [2.75, 3.05) is 13.2 Å². The van der Waals surface area contributed by atoms with Gasteiger partial charge in [-0.1, -0.05) is 206 Å². The predicted octanol–water partition coefficient (Wildman–Crippen LogP) is 16.3. The lowest BCUT2D eigenvalue weighted by Crippen LogP contribution is -2.30. The van der Waals surface area contributed by atoms with E-state index in [0.717, 1.165) is 116 Å². The van der Waals surface area contributed by atoms with E-state index in [-0.39, 0.29) is 44.0 Å². The van der Waals surface area contributed by atoms with E-state index in [4.69, 9.17) is 14.2 Å². The minimum Gasteiger partial charge on any atom is -0.462 e. The van der Waals surface area contributed by atoms with Crippen LogP contribution in [0.2, 0.25) is 0 Å². The number of rotatable bonds is 42. The lowest BCUT2D eigenvalue weighted by Gasteiger charge is -2.18. The molecule has 1 atom stereocenters. The van der Waals surface area contributed by atoms with E-state index in [0.29, 0.717) is 12.8 Å². The van der Waals surface area contributed by atoms with Crippen molar-refractivity contribution in [2.24, 2.45) is 0 Å². The van der Waals surface area contributed by atoms with Crippen molar-refractivity contribution < 1.29 is 28.6 Å². The molecule has 0 aromatic carbocycles. The Hall–Kier alpha value is -4.45. The van der Waals surface area contributed by atoms with Crippen molar-refractivity contribution in [1.29, 1.82) is 0 Å². The van der Waals surface area contributed by atoms with Gasteiger partial charge in [-0.25, -0.2) is 0 Å². The van der Waals surface area contributed by atoms with Gasteiger partial charge in [-0.2, -0.15) is 0 Å². The Morgan fingerprint density at radius 3 is 1.17 bits per heavy atom. The van der Waals surface area contributed by atoms with E-state index in [1.807, 2.05) is 30.4 Å². The number of unbranched alkanes of at least 4 members (excludes halogenated alkanes) is 14. The quantitative estimate of drug-likeness (QED) is 0.0200. The Morgan fingerprint density at radius 1 is 0.349 bits per heavy atom. The topological polar surface area (TPSA) is 78.9 Å². The maximum absolute atomic E-state index is 12.8. The van der Waals surface area contributed by atoms with E-state index < -0.39 is 6.10 Å². The molecule has 0 heterocycles. The maximum Gasteiger partial charge on any atom is 0.306 e. The maximum atomic E-state index is 12.8. The van der Waals surface area contributed by atoms with Crippen molar-refractivity contribution in [3.63, 3.8) is 0 Å². The van der Waals surface area contributed by atoms with Gasteiger partial charge in [0.25, 0.3) is 0 Å². The van der Waals surface area contributed by atoms with Crippen molar-refractivity contribution in [3.8, 4) is 0 Å². The number of esters is 3. The highest BCUT2D eigenvalue weighted by atomic mass is 16.6. The molecular formula is C57H88O6. The minimum atomic E-state index is -0.825. The van der Waals surface area contributed by atoms with E-state index in [1.165, 1.54) is 25.7 Å². The zero-order valence-electron chi connectivity index (χ0n) is 40.0. The molecule has 0 fully saturated rings. The summed E-state index contributed by atoms with van der Waals surface area (Å²) in [5, 5.41) is 0. The molecule has 0 aromatic heterocycles. The van der Waals surface area contributed by atoms with Gasteiger partial charge in [0.05, 0.1) is 0 Å². The van der Waals surface area contributed by atoms with Gasteiger partial charge in [0, 0.05) is 19.3 Å². The van der Waals surface area contributed by atoms with Gasteiger partial charge < -0.3 is 14.2 Å². The first-order chi connectivity index (χ1) is 31.0. The van der Waals surface area contributed by atoms with Gasteiger partial charge in [-0.05, 0) is 96.3 Å². The molecule has 6 heteroatoms. The summed E-state index contributed by atoms with van der Waals surface area (Å²) in [7, 11) is 0. The molecule has 352 valence electrons. The molecule has 0 saturated carbocycles. The normalized spacial score (nSPS) is 13.3. The minimum absolute atomic E-state index is 0.121. The van der Waals surface area contributed by atoms with Crippen LogP contribution in [0.4, 0.5) is 0 Å². The van der Waals surface area contributed by atoms with E-state index in [9.17, 15) is 14.4 Å². The van der Waals surface area contributed by atoms with Crippen molar-refractivity contribution in [2.45, 2.75) is 194 Å². The third-order valence-electron chi connectivity index (χ3n) is 9.78. The molecule has 0 bridgehead atoms. The van der Waals surface area contributed by atoms with Crippen LogP contribution in [0.15, 0.2) is 134 Å². The number of hydrogen-bond acceptors (Lipinski definition) is 6. The number of allylic oxidation sites excluding steroid dienone is 22. The third-order valence-corrected chi connectivity index (χ3v) is 9.78. The van der Waals surface area contributed by atoms with Crippen LogP contribution in [0.1, 0.15) is 188 Å². The van der Waals surface area contributed by atoms with Crippen molar-refractivity contribution >= 4 is 17.9 Å². The fraction of sp³-hybridized carbons (Fsp3) is 0.561. The largest absolute Gasteiger partial charge is 0.462 e. The smallest absolute Gasteiger partial charge is 0.306 e. The summed E-state index contributed by atoms with van der Waals surface area (Å²) in [5.74, 6) is -1.03. The molecule has 0 aliphatic heterocycles. The monoisotopic (exact) mass is 869 g/mol. The van der Waals surface area contributed by atoms with Crippen molar-refractivity contribution in [1.82, 2.24) is 0 Å². The Bertz CT molecular complexity index is 1420. The molecule has 0 amide bonds. The molecule has 0 aliphatic rings. The fourth-order valence-electron chi connectivity index (χ4n) is 6.09. The van der Waals surface area contributed by atoms with Gasteiger partial charge in [-0.15, -0.1) is 0 Å². The van der Waals surface area contributed by atoms with E-state index in [2.05, 4.69) is 124 Å². The van der Waals surface area contributed by atoms with Crippen LogP contribution in [0.5, 0.6) is 0 Å². The average Bonchev–Trinajstić information content (AvgIpc) is 3.28. The summed E-state index contributed by atoms with van der Waals surface area (Å²) in [6.45, 7) is 6.22. The predicted molar refractivity (Wildman–Crippen MR) is 269 cm³/mol. The average molecular weight is 869 g/mol. The first-order valence-electron chi connectivity index (χ1n) is 24.8. The second-order valence-electron chi connectivity index (χ2n) is 15.8. The summed E-state index contributed by atoms with van der Waals surface area (Å²) in [6.07, 6.45) is 70.0. The summed E-state index contributed by atoms with van der Waals surface area (Å²) in [5.41, 5.74) is 0. The molecule has 0 radical (unpaired) electrons. The highest BCUT2D eigenvalue weighted by Crippen LogP contribution is 2.12. The lowest BCUT2D eigenvalue weighted by atomic mass is 10.1. The Balaban J connectivity index is 4.58. The summed E-state index contributed by atoms with van der Waals surface area (Å²) in [6, 6.07) is 0. The first kappa shape index (κ1) is 58.6. The standard InChI is InChI=1S/C57H88O6/c1-4-7-10-13-16-19-22-25-27-28-30-32-35-38-41-44-47-50-56(59)62-53-54(52-61-55(58)49-46-43-40-37-34-31-24-21-18-15-12-9-6-3)63-57(60)51-48-45-42-39-36-33-29-26-23-20-17-14-11-8-5-2/h8-9,11-12,14-21,23-27,29-30,32,38,41,54H,4-7,10,13,22,28,31,33-37,39-40,42-53H2,1-3H3/b11-8+,12-9+,17-14+,18-15+,19-16+,23-20+,24-21+,27-25+,29-26+,32-30+,41-38+. The van der Waals surface area contributed by atoms with Crippen LogP contribution in [0.3, 0.4) is 0 Å². The summed E-state index contributed by atoms with van der Waals surface area (Å²) < 4.78 is 16.7. The Kier molecular flexibility index (Phi) is 46.7. The van der Waals surface area contributed by atoms with Crippen LogP contribution < -0.4 is 0 Å². The molecule has 0 aliphatic carbocycles. The molecule has 0 spiro atoms. The lowest BCUT2D eigenvalue weighted by molar-refractivity contribution is -0.167. The molecule has 0 aromatic rings. The zero-order valence-corrected chi connectivity index (χ0v) is 40.0. The fourth-order valence-corrected chi connectivity index (χ4v) is 6.09. The second-order valence-corrected chi connectivity index (χ2v) is 15.8. The van der Waals surface area contributed by atoms with Gasteiger partial charge in [0.15, 0.2) is 6.10 Å². The van der Waals surface area contributed by atoms with Crippen molar-refractivity contribution in [3.05, 3.63) is 134 Å². The van der Waals surface area contributed by atoms with Gasteiger partial charge >= 0.3 is 17.9 Å². The number of hydrogen-bond donors (Lipinski definition) is 0. The highest BCUT2D eigenvalue weighted by molar-refractivity contribution is 5.71. The molecule has 0 rings (SSSR count). The summed E-state index contributed by atoms with van der Waals surface area (Å²) >= 11 is 0. The summed E-state index contributed by atoms with van der Waals surface area (Å²) in [4.78, 5) is 37.9. The first-order valence-corrected chi connectivity index (χ1v) is 24.8. The Labute approximate surface area is 385 Å². The second kappa shape index (κ2) is 50.2. The molecule has 6 nitrogen and oxygen atoms in total. The molecule has 63 heavy (non-hydrogen) atoms. The Morgan fingerprint density at radius 2 is 0.698 bits per heavy atom. The van der Waals surface area contributed by atoms with Gasteiger partial charge in [-0.3, -0.25) is 14.4 Å². The third kappa shape index (κ3) is 48.4. The van der Waals surface area contributed by atoms with Crippen LogP contribution in [0, 0.1) is 0 Å². The van der Waals surface area contributed by atoms with Crippen LogP contribution in [-0.4, -0.2) is 37.2 Å². The highest BCUT2D eigenvalue weighted by Gasteiger charge is 2.19. The van der Waals surface area contributed by atoms with E-state index in [1.54, 1.807) is 0 Å². The molecular weight excluding hydrogens is 781 g/mol. The van der Waals surface area contributed by atoms with Gasteiger partial charge in [0.1, 0.15) is 13.2 Å². The number of carbonyl (C=O) groups is 3. The van der Waals surface area contributed by atoms with Crippen LogP contribution in [-0.2, 0) is 28.6 Å². The van der Waals surface area contributed by atoms with E-state index >= 15 is 0 Å². The number of ether oxygens (including phenoxy) is 3. The molecule has 0 N–H and O–H groups in total.